The third kappa shape index (κ3) is 2.57. The molecule has 0 radical (unpaired) electrons. The fourth-order valence-corrected chi connectivity index (χ4v) is 3.19. The Morgan fingerprint density at radius 2 is 2.24 bits per heavy atom. The molecule has 0 spiro atoms. The molecule has 2 N–H and O–H groups in total. The Balaban J connectivity index is 2.08. The summed E-state index contributed by atoms with van der Waals surface area (Å²) in [5, 5.41) is 10.5. The largest absolute Gasteiger partial charge is 0.370 e. The zero-order chi connectivity index (χ0) is 14.8. The van der Waals surface area contributed by atoms with Crippen LogP contribution in [0.2, 0.25) is 0 Å². The predicted molar refractivity (Wildman–Crippen MR) is 85.0 cm³/mol. The maximum Gasteiger partial charge on any atom is 0.103 e. The van der Waals surface area contributed by atoms with Crippen LogP contribution in [0.4, 0.5) is 5.69 Å². The van der Waals surface area contributed by atoms with E-state index in [4.69, 9.17) is 5.73 Å². The van der Waals surface area contributed by atoms with Gasteiger partial charge in [-0.05, 0) is 31.7 Å². The Kier molecular flexibility index (Phi) is 3.76. The smallest absolute Gasteiger partial charge is 0.103 e. The van der Waals surface area contributed by atoms with Crippen LogP contribution in [0.25, 0.3) is 10.9 Å². The van der Waals surface area contributed by atoms with Gasteiger partial charge < -0.3 is 10.6 Å². The van der Waals surface area contributed by atoms with Gasteiger partial charge in [-0.15, -0.1) is 0 Å². The number of fused-ring (bicyclic) bond motifs is 1. The van der Waals surface area contributed by atoms with Gasteiger partial charge in [0.25, 0.3) is 0 Å². The van der Waals surface area contributed by atoms with Crippen LogP contribution in [-0.4, -0.2) is 24.1 Å². The van der Waals surface area contributed by atoms with Crippen LogP contribution >= 0.6 is 0 Å². The van der Waals surface area contributed by atoms with E-state index in [-0.39, 0.29) is 6.04 Å². The lowest BCUT2D eigenvalue weighted by Crippen LogP contribution is -2.42. The predicted octanol–water partition coefficient (Wildman–Crippen LogP) is 2.67. The van der Waals surface area contributed by atoms with Crippen molar-refractivity contribution in [3.05, 3.63) is 36.0 Å². The van der Waals surface area contributed by atoms with E-state index in [0.29, 0.717) is 11.5 Å². The molecular formula is C17H20N4. The molecule has 3 rings (SSSR count). The molecule has 1 aromatic heterocycles. The fourth-order valence-electron chi connectivity index (χ4n) is 3.19. The lowest BCUT2D eigenvalue weighted by molar-refractivity contribution is 0.365. The number of para-hydroxylation sites is 1. The molecule has 21 heavy (non-hydrogen) atoms. The van der Waals surface area contributed by atoms with Crippen molar-refractivity contribution in [3.8, 4) is 6.07 Å². The van der Waals surface area contributed by atoms with E-state index in [1.807, 2.05) is 24.3 Å². The number of aromatic nitrogens is 1. The quantitative estimate of drug-likeness (QED) is 0.918. The summed E-state index contributed by atoms with van der Waals surface area (Å²) in [6, 6.07) is 10.5. The van der Waals surface area contributed by atoms with Crippen molar-refractivity contribution in [2.24, 2.45) is 11.7 Å². The van der Waals surface area contributed by atoms with Crippen LogP contribution in [0.5, 0.6) is 0 Å². The highest BCUT2D eigenvalue weighted by atomic mass is 15.1. The first-order valence-electron chi connectivity index (χ1n) is 7.49. The van der Waals surface area contributed by atoms with E-state index in [0.717, 1.165) is 36.1 Å². The van der Waals surface area contributed by atoms with Gasteiger partial charge in [-0.3, -0.25) is 4.98 Å². The number of hydrogen-bond donors (Lipinski definition) is 1. The van der Waals surface area contributed by atoms with Crippen molar-refractivity contribution in [2.45, 2.75) is 25.8 Å². The molecule has 1 aliphatic rings. The first kappa shape index (κ1) is 13.8. The molecule has 2 unspecified atom stereocenters. The lowest BCUT2D eigenvalue weighted by Gasteiger charge is -2.37. The van der Waals surface area contributed by atoms with E-state index in [1.165, 1.54) is 6.42 Å². The second kappa shape index (κ2) is 5.71. The van der Waals surface area contributed by atoms with Gasteiger partial charge in [-0.2, -0.15) is 5.26 Å². The Morgan fingerprint density at radius 3 is 3.00 bits per heavy atom. The van der Waals surface area contributed by atoms with Crippen molar-refractivity contribution in [2.75, 3.05) is 18.0 Å². The van der Waals surface area contributed by atoms with Gasteiger partial charge in [0.15, 0.2) is 0 Å². The molecule has 2 atom stereocenters. The van der Waals surface area contributed by atoms with Gasteiger partial charge in [-0.1, -0.05) is 18.2 Å². The minimum absolute atomic E-state index is 0.187. The topological polar surface area (TPSA) is 65.9 Å². The normalized spacial score (nSPS) is 20.2. The van der Waals surface area contributed by atoms with Gasteiger partial charge in [0.1, 0.15) is 6.07 Å². The molecule has 1 aromatic carbocycles. The van der Waals surface area contributed by atoms with Crippen LogP contribution in [0.15, 0.2) is 30.5 Å². The van der Waals surface area contributed by atoms with Crippen molar-refractivity contribution in [3.63, 3.8) is 0 Å². The van der Waals surface area contributed by atoms with Crippen molar-refractivity contribution >= 4 is 16.6 Å². The highest BCUT2D eigenvalue weighted by Gasteiger charge is 2.25. The third-order valence-corrected chi connectivity index (χ3v) is 4.39. The van der Waals surface area contributed by atoms with Crippen molar-refractivity contribution < 1.29 is 0 Å². The maximum absolute atomic E-state index is 9.44. The van der Waals surface area contributed by atoms with E-state index in [1.54, 1.807) is 6.20 Å². The molecule has 4 heteroatoms. The molecule has 4 nitrogen and oxygen atoms in total. The van der Waals surface area contributed by atoms with Crippen LogP contribution in [0, 0.1) is 17.2 Å². The fraction of sp³-hybridized carbons (Fsp3) is 0.412. The number of nitrogens with two attached hydrogens (primary N) is 1. The van der Waals surface area contributed by atoms with Crippen LogP contribution in [0.1, 0.15) is 25.3 Å². The Labute approximate surface area is 125 Å². The van der Waals surface area contributed by atoms with E-state index in [2.05, 4.69) is 22.9 Å². The summed E-state index contributed by atoms with van der Waals surface area (Å²) in [6.07, 6.45) is 3.97. The highest BCUT2D eigenvalue weighted by Crippen LogP contribution is 2.32. The average molecular weight is 280 g/mol. The summed E-state index contributed by atoms with van der Waals surface area (Å²) in [5.41, 5.74) is 8.70. The summed E-state index contributed by atoms with van der Waals surface area (Å²) in [6.45, 7) is 3.97. The monoisotopic (exact) mass is 280 g/mol. The number of nitriles is 1. The molecule has 1 aliphatic heterocycles. The number of nitrogens with zero attached hydrogens (tertiary/aromatic N) is 3. The summed E-state index contributed by atoms with van der Waals surface area (Å²) in [7, 11) is 0. The van der Waals surface area contributed by atoms with Crippen LogP contribution in [0.3, 0.4) is 0 Å². The standard InChI is InChI=1S/C17H20N4/c1-12(19)13-5-4-8-21(11-13)17-14(9-18)10-20-16-7-3-2-6-15(16)17/h2-3,6-7,10,12-13H,4-5,8,11,19H2,1H3. The summed E-state index contributed by atoms with van der Waals surface area (Å²) in [4.78, 5) is 6.71. The molecule has 1 fully saturated rings. The molecule has 108 valence electrons. The SMILES string of the molecule is CC(N)C1CCCN(c2c(C#N)cnc3ccccc23)C1. The molecule has 0 bridgehead atoms. The lowest BCUT2D eigenvalue weighted by atomic mass is 9.91. The van der Waals surface area contributed by atoms with Crippen LogP contribution in [-0.2, 0) is 0 Å². The summed E-state index contributed by atoms with van der Waals surface area (Å²) < 4.78 is 0. The van der Waals surface area contributed by atoms with Gasteiger partial charge in [0, 0.05) is 30.7 Å². The molecule has 1 saturated heterocycles. The zero-order valence-electron chi connectivity index (χ0n) is 12.3. The molecular weight excluding hydrogens is 260 g/mol. The number of rotatable bonds is 2. The Bertz CT molecular complexity index is 687. The minimum Gasteiger partial charge on any atom is -0.370 e. The van der Waals surface area contributed by atoms with Gasteiger partial charge in [0.2, 0.25) is 0 Å². The second-order valence-electron chi connectivity index (χ2n) is 5.86. The van der Waals surface area contributed by atoms with Crippen LogP contribution < -0.4 is 10.6 Å². The van der Waals surface area contributed by atoms with E-state index in [9.17, 15) is 5.26 Å². The Morgan fingerprint density at radius 1 is 1.43 bits per heavy atom. The Hall–Kier alpha value is -2.12. The van der Waals surface area contributed by atoms with Crippen molar-refractivity contribution in [1.82, 2.24) is 4.98 Å². The number of pyridine rings is 1. The van der Waals surface area contributed by atoms with Gasteiger partial charge in [-0.25, -0.2) is 0 Å². The molecule has 0 amide bonds. The first-order valence-corrected chi connectivity index (χ1v) is 7.49. The molecule has 2 aromatic rings. The number of anilines is 1. The zero-order valence-corrected chi connectivity index (χ0v) is 12.3. The number of hydrogen-bond acceptors (Lipinski definition) is 4. The number of piperidine rings is 1. The first-order chi connectivity index (χ1) is 10.2. The summed E-state index contributed by atoms with van der Waals surface area (Å²) >= 11 is 0. The molecule has 2 heterocycles. The molecule has 0 aliphatic carbocycles. The highest BCUT2D eigenvalue weighted by molar-refractivity contribution is 5.94. The third-order valence-electron chi connectivity index (χ3n) is 4.39. The summed E-state index contributed by atoms with van der Waals surface area (Å²) in [5.74, 6) is 0.484. The number of benzene rings is 1. The minimum atomic E-state index is 0.187. The average Bonchev–Trinajstić information content (AvgIpc) is 2.53. The maximum atomic E-state index is 9.44. The van der Waals surface area contributed by atoms with Gasteiger partial charge in [0.05, 0.1) is 16.8 Å². The second-order valence-corrected chi connectivity index (χ2v) is 5.86. The van der Waals surface area contributed by atoms with Crippen molar-refractivity contribution in [1.29, 1.82) is 5.26 Å². The van der Waals surface area contributed by atoms with Gasteiger partial charge >= 0.3 is 0 Å². The van der Waals surface area contributed by atoms with E-state index >= 15 is 0 Å². The van der Waals surface area contributed by atoms with E-state index < -0.39 is 0 Å². The molecule has 0 saturated carbocycles.